The largest absolute Gasteiger partial charge is 0.381 e. The molecule has 0 saturated carbocycles. The predicted octanol–water partition coefficient (Wildman–Crippen LogP) is 2.59. The third-order valence-corrected chi connectivity index (χ3v) is 6.06. The van der Waals surface area contributed by atoms with Crippen molar-refractivity contribution in [3.8, 4) is 0 Å². The van der Waals surface area contributed by atoms with E-state index in [1.165, 1.54) is 0 Å². The van der Waals surface area contributed by atoms with Crippen molar-refractivity contribution in [3.63, 3.8) is 0 Å². The van der Waals surface area contributed by atoms with Gasteiger partial charge in [0.25, 0.3) is 0 Å². The number of ether oxygens (including phenoxy) is 1. The molecule has 0 N–H and O–H groups in total. The van der Waals surface area contributed by atoms with E-state index in [4.69, 9.17) is 4.74 Å². The smallest absolute Gasteiger partial charge is 0.177 e. The molecule has 0 aliphatic carbocycles. The number of sulfone groups is 1. The Morgan fingerprint density at radius 1 is 1.19 bits per heavy atom. The normalized spacial score (nSPS) is 17.1. The summed E-state index contributed by atoms with van der Waals surface area (Å²) >= 11 is 0. The second kappa shape index (κ2) is 6.71. The van der Waals surface area contributed by atoms with Crippen LogP contribution in [0, 0.1) is 0 Å². The van der Waals surface area contributed by atoms with Crippen molar-refractivity contribution in [2.45, 2.75) is 37.9 Å². The summed E-state index contributed by atoms with van der Waals surface area (Å²) in [7, 11) is -3.39. The molecular weight excluding hydrogens is 288 g/mol. The van der Waals surface area contributed by atoms with Gasteiger partial charge in [-0.05, 0) is 24.3 Å². The molecule has 1 aliphatic heterocycles. The lowest BCUT2D eigenvalue weighted by Gasteiger charge is -2.21. The standard InChI is InChI=1S/C16H22O4S/c1-12(2)13-3-5-14(6-4-13)16(17)11-21(18,19)15-7-9-20-10-8-15/h3-6,12,15H,7-11H2,1-2H3. The maximum Gasteiger partial charge on any atom is 0.177 e. The predicted molar refractivity (Wildman–Crippen MR) is 82.5 cm³/mol. The van der Waals surface area contributed by atoms with E-state index < -0.39 is 20.8 Å². The van der Waals surface area contributed by atoms with Gasteiger partial charge in [0.05, 0.1) is 5.25 Å². The molecule has 0 atom stereocenters. The molecule has 21 heavy (non-hydrogen) atoms. The van der Waals surface area contributed by atoms with Crippen molar-refractivity contribution in [2.24, 2.45) is 0 Å². The van der Waals surface area contributed by atoms with Crippen LogP contribution in [-0.2, 0) is 14.6 Å². The first-order valence-corrected chi connectivity index (χ1v) is 9.04. The van der Waals surface area contributed by atoms with Crippen molar-refractivity contribution >= 4 is 15.6 Å². The minimum Gasteiger partial charge on any atom is -0.381 e. The second-order valence-electron chi connectivity index (χ2n) is 5.82. The maximum atomic E-state index is 12.3. The van der Waals surface area contributed by atoms with E-state index in [2.05, 4.69) is 13.8 Å². The molecule has 0 aromatic heterocycles. The van der Waals surface area contributed by atoms with E-state index in [0.717, 1.165) is 5.56 Å². The van der Waals surface area contributed by atoms with E-state index >= 15 is 0 Å². The zero-order valence-electron chi connectivity index (χ0n) is 12.5. The van der Waals surface area contributed by atoms with Crippen LogP contribution in [0.4, 0.5) is 0 Å². The number of rotatable bonds is 5. The maximum absolute atomic E-state index is 12.3. The molecule has 4 nitrogen and oxygen atoms in total. The molecule has 5 heteroatoms. The van der Waals surface area contributed by atoms with E-state index in [1.807, 2.05) is 12.1 Å². The zero-order valence-corrected chi connectivity index (χ0v) is 13.4. The van der Waals surface area contributed by atoms with Gasteiger partial charge in [-0.2, -0.15) is 0 Å². The van der Waals surface area contributed by atoms with Crippen LogP contribution in [0.1, 0.15) is 48.5 Å². The lowest BCUT2D eigenvalue weighted by Crippen LogP contribution is -2.33. The third-order valence-electron chi connectivity index (χ3n) is 3.91. The average Bonchev–Trinajstić information content (AvgIpc) is 2.48. The molecule has 0 bridgehead atoms. The summed E-state index contributed by atoms with van der Waals surface area (Å²) in [5.41, 5.74) is 1.61. The number of benzene rings is 1. The van der Waals surface area contributed by atoms with Crippen molar-refractivity contribution in [1.29, 1.82) is 0 Å². The lowest BCUT2D eigenvalue weighted by molar-refractivity contribution is 0.0971. The van der Waals surface area contributed by atoms with Gasteiger partial charge in [0.1, 0.15) is 5.75 Å². The number of hydrogen-bond donors (Lipinski definition) is 0. The van der Waals surface area contributed by atoms with Crippen molar-refractivity contribution in [3.05, 3.63) is 35.4 Å². The highest BCUT2D eigenvalue weighted by Gasteiger charge is 2.30. The summed E-state index contributed by atoms with van der Waals surface area (Å²) in [6, 6.07) is 7.21. The molecule has 1 aliphatic rings. The van der Waals surface area contributed by atoms with Crippen molar-refractivity contribution in [2.75, 3.05) is 19.0 Å². The van der Waals surface area contributed by atoms with E-state index in [0.29, 0.717) is 37.5 Å². The van der Waals surface area contributed by atoms with Crippen LogP contribution in [0.2, 0.25) is 0 Å². The van der Waals surface area contributed by atoms with Crippen molar-refractivity contribution in [1.82, 2.24) is 0 Å². The molecule has 1 fully saturated rings. The molecule has 1 aromatic carbocycles. The van der Waals surface area contributed by atoms with Crippen molar-refractivity contribution < 1.29 is 17.9 Å². The minimum absolute atomic E-state index is 0.322. The van der Waals surface area contributed by atoms with E-state index in [9.17, 15) is 13.2 Å². The van der Waals surface area contributed by atoms with Crippen LogP contribution in [0.25, 0.3) is 0 Å². The molecule has 2 rings (SSSR count). The van der Waals surface area contributed by atoms with E-state index in [-0.39, 0.29) is 5.78 Å². The Balaban J connectivity index is 2.06. The summed E-state index contributed by atoms with van der Waals surface area (Å²) < 4.78 is 29.7. The number of carbonyl (C=O) groups excluding carboxylic acids is 1. The monoisotopic (exact) mass is 310 g/mol. The first kappa shape index (κ1) is 16.2. The Labute approximate surface area is 126 Å². The summed E-state index contributed by atoms with van der Waals surface area (Å²) in [5.74, 6) is -0.337. The fourth-order valence-corrected chi connectivity index (χ4v) is 4.15. The fourth-order valence-electron chi connectivity index (χ4n) is 2.47. The summed E-state index contributed by atoms with van der Waals surface area (Å²) in [4.78, 5) is 12.2. The van der Waals surface area contributed by atoms with Gasteiger partial charge in [-0.1, -0.05) is 38.1 Å². The van der Waals surface area contributed by atoms with Gasteiger partial charge in [-0.15, -0.1) is 0 Å². The van der Waals surface area contributed by atoms with Gasteiger partial charge in [-0.3, -0.25) is 4.79 Å². The van der Waals surface area contributed by atoms with Crippen LogP contribution in [-0.4, -0.2) is 38.4 Å². The quantitative estimate of drug-likeness (QED) is 0.784. The Morgan fingerprint density at radius 2 is 1.76 bits per heavy atom. The second-order valence-corrected chi connectivity index (χ2v) is 8.10. The molecule has 116 valence electrons. The third kappa shape index (κ3) is 4.14. The Hall–Kier alpha value is -1.20. The molecule has 0 unspecified atom stereocenters. The summed E-state index contributed by atoms with van der Waals surface area (Å²) in [5, 5.41) is -0.440. The summed E-state index contributed by atoms with van der Waals surface area (Å²) in [6.45, 7) is 5.07. The van der Waals surface area contributed by atoms with Gasteiger partial charge in [0, 0.05) is 18.8 Å². The van der Waals surface area contributed by atoms with Crippen LogP contribution in [0.15, 0.2) is 24.3 Å². The number of carbonyl (C=O) groups is 1. The molecule has 1 aromatic rings. The molecule has 0 radical (unpaired) electrons. The van der Waals surface area contributed by atoms with Crippen LogP contribution >= 0.6 is 0 Å². The highest BCUT2D eigenvalue weighted by Crippen LogP contribution is 2.19. The van der Waals surface area contributed by atoms with Gasteiger partial charge in [-0.25, -0.2) is 8.42 Å². The van der Waals surface area contributed by atoms with Gasteiger partial charge in [0.2, 0.25) is 0 Å². The minimum atomic E-state index is -3.39. The SMILES string of the molecule is CC(C)c1ccc(C(=O)CS(=O)(=O)C2CCOCC2)cc1. The molecule has 1 heterocycles. The topological polar surface area (TPSA) is 60.4 Å². The fraction of sp³-hybridized carbons (Fsp3) is 0.562. The Kier molecular flexibility index (Phi) is 5.17. The Bertz CT molecular complexity index is 581. The number of ketones is 1. The van der Waals surface area contributed by atoms with Gasteiger partial charge in [0.15, 0.2) is 15.6 Å². The summed E-state index contributed by atoms with van der Waals surface area (Å²) in [6.07, 6.45) is 0.976. The molecular formula is C16H22O4S. The lowest BCUT2D eigenvalue weighted by atomic mass is 10.0. The Morgan fingerprint density at radius 3 is 2.29 bits per heavy atom. The number of Topliss-reactive ketones (excluding diaryl/α,β-unsaturated/α-hetero) is 1. The first-order chi connectivity index (χ1) is 9.90. The van der Waals surface area contributed by atoms with Crippen LogP contribution in [0.3, 0.4) is 0 Å². The number of hydrogen-bond acceptors (Lipinski definition) is 4. The molecule has 0 amide bonds. The highest BCUT2D eigenvalue weighted by atomic mass is 32.2. The molecule has 1 saturated heterocycles. The molecule has 0 spiro atoms. The van der Waals surface area contributed by atoms with E-state index in [1.54, 1.807) is 12.1 Å². The zero-order chi connectivity index (χ0) is 15.5. The average molecular weight is 310 g/mol. The highest BCUT2D eigenvalue weighted by molar-refractivity contribution is 7.92. The van der Waals surface area contributed by atoms with Crippen LogP contribution in [0.5, 0.6) is 0 Å². The van der Waals surface area contributed by atoms with Gasteiger partial charge >= 0.3 is 0 Å². The van der Waals surface area contributed by atoms with Crippen LogP contribution < -0.4 is 0 Å². The van der Waals surface area contributed by atoms with Gasteiger partial charge < -0.3 is 4.74 Å². The first-order valence-electron chi connectivity index (χ1n) is 7.32.